The van der Waals surface area contributed by atoms with Crippen LogP contribution in [0.25, 0.3) is 0 Å². The van der Waals surface area contributed by atoms with Gasteiger partial charge >= 0.3 is 8.41 Å². The fourth-order valence-electron chi connectivity index (χ4n) is 0.286. The average Bonchev–Trinajstić information content (AvgIpc) is 1.27. The van der Waals surface area contributed by atoms with E-state index >= 15 is 0 Å². The topological polar surface area (TPSA) is 40.1 Å². The van der Waals surface area contributed by atoms with Crippen molar-refractivity contribution >= 4 is 14.2 Å². The summed E-state index contributed by atoms with van der Waals surface area (Å²) in [5.41, 5.74) is 0. The summed E-state index contributed by atoms with van der Waals surface area (Å²) in [5.74, 6) is -0.375. The van der Waals surface area contributed by atoms with E-state index in [2.05, 4.69) is 0 Å². The van der Waals surface area contributed by atoms with E-state index in [4.69, 9.17) is 0 Å². The number of hydrogen-bond acceptors (Lipinski definition) is 2. The molecule has 2 nitrogen and oxygen atoms in total. The van der Waals surface area contributed by atoms with E-state index in [9.17, 15) is 9.90 Å². The van der Waals surface area contributed by atoms with Crippen LogP contribution in [0.5, 0.6) is 0 Å². The Kier molecular flexibility index (Phi) is 25.2. The van der Waals surface area contributed by atoms with E-state index in [-0.39, 0.29) is 29.4 Å². The number of ketones is 1. The second-order valence-corrected chi connectivity index (χ2v) is 1.37. The predicted octanol–water partition coefficient (Wildman–Crippen LogP) is -6.53. The first-order chi connectivity index (χ1) is 3.13. The van der Waals surface area contributed by atoms with Crippen LogP contribution in [0.15, 0.2) is 11.8 Å². The van der Waals surface area contributed by atoms with Gasteiger partial charge in [-0.1, -0.05) is 6.92 Å². The maximum absolute atomic E-state index is 9.98. The second-order valence-electron chi connectivity index (χ2n) is 1.37. The minimum atomic E-state index is -0.187. The number of carbonyl (C=O) groups is 1. The van der Waals surface area contributed by atoms with Gasteiger partial charge in [-0.25, -0.2) is 0 Å². The van der Waals surface area contributed by atoms with Crippen molar-refractivity contribution in [2.45, 2.75) is 13.8 Å². The molecule has 0 heterocycles. The van der Waals surface area contributed by atoms with Gasteiger partial charge in [0.1, 0.15) is 0 Å². The van der Waals surface area contributed by atoms with Crippen LogP contribution in [0.4, 0.5) is 0 Å². The van der Waals surface area contributed by atoms with Gasteiger partial charge in [-0.3, -0.25) is 4.79 Å². The summed E-state index contributed by atoms with van der Waals surface area (Å²) < 4.78 is 0. The molecule has 10 heavy (non-hydrogen) atoms. The normalized spacial score (nSPS) is 8.00. The van der Waals surface area contributed by atoms with Crippen LogP contribution in [0.2, 0.25) is 0 Å². The average molecular weight is 148 g/mol. The molecule has 0 fully saturated rings. The molecule has 0 aliphatic rings. The molecule has 0 spiro atoms. The summed E-state index contributed by atoms with van der Waals surface area (Å²) in [5, 5.41) is 9.98. The molecule has 0 rings (SSSR count). The van der Waals surface area contributed by atoms with Gasteiger partial charge in [0.05, 0.1) is 0 Å². The van der Waals surface area contributed by atoms with Gasteiger partial charge in [0.15, 0.2) is 5.78 Å². The van der Waals surface area contributed by atoms with E-state index in [1.54, 1.807) is 0 Å². The maximum atomic E-state index is 9.98. The molecule has 0 N–H and O–H groups in total. The van der Waals surface area contributed by atoms with Crippen molar-refractivity contribution in [3.63, 3.8) is 0 Å². The second kappa shape index (κ2) is 11.0. The van der Waals surface area contributed by atoms with Gasteiger partial charge in [0.2, 0.25) is 0 Å². The first-order valence-corrected chi connectivity index (χ1v) is 1.99. The van der Waals surface area contributed by atoms with Crippen molar-refractivity contribution in [3.8, 4) is 0 Å². The van der Waals surface area contributed by atoms with Crippen molar-refractivity contribution < 1.29 is 19.3 Å². The zero-order chi connectivity index (χ0) is 5.86. The van der Waals surface area contributed by atoms with Crippen LogP contribution in [0.1, 0.15) is 13.8 Å². The zero-order valence-corrected chi connectivity index (χ0v) is 5.73. The first kappa shape index (κ1) is 22.9. The van der Waals surface area contributed by atoms with Crippen LogP contribution < -0.4 is 14.5 Å². The number of carbonyl (C=O) groups excluding carboxylic acids is 1. The molecule has 0 radical (unpaired) electrons. The minimum absolute atomic E-state index is 0. The van der Waals surface area contributed by atoms with Gasteiger partial charge in [-0.05, 0) is 13.0 Å². The molecule has 0 aromatic carbocycles. The van der Waals surface area contributed by atoms with E-state index in [0.29, 0.717) is 0 Å². The van der Waals surface area contributed by atoms with Gasteiger partial charge in [-0.15, -0.1) is 5.76 Å². The fourth-order valence-corrected chi connectivity index (χ4v) is 0.286. The van der Waals surface area contributed by atoms with Crippen LogP contribution in [0.3, 0.4) is 0 Å². The quantitative estimate of drug-likeness (QED) is 0.211. The van der Waals surface area contributed by atoms with Crippen LogP contribution in [-0.4, -0.2) is 14.2 Å². The van der Waals surface area contributed by atoms with Crippen molar-refractivity contribution in [3.05, 3.63) is 11.8 Å². The SMILES string of the molecule is CC(=O)/C=C(/C)[O-].[B+3].[F-].[F-]. The summed E-state index contributed by atoms with van der Waals surface area (Å²) in [6, 6.07) is 0. The van der Waals surface area contributed by atoms with E-state index in [0.717, 1.165) is 6.08 Å². The standard InChI is InChI=1S/C5H8O2.B.2FH/c1-4(6)3-5(2)7;;;/h3,6H,1-2H3;;2*1H/q;+3;;/p-3/b4-3-;;;. The molecule has 0 aliphatic heterocycles. The fraction of sp³-hybridized carbons (Fsp3) is 0.400. The molecule has 0 saturated heterocycles. The van der Waals surface area contributed by atoms with Crippen LogP contribution in [0, 0.1) is 0 Å². The molecular formula is C5H7BF2O2. The third kappa shape index (κ3) is 27.3. The number of rotatable bonds is 1. The molecule has 0 aliphatic carbocycles. The Balaban J connectivity index is -0.0000000600. The predicted molar refractivity (Wildman–Crippen MR) is 30.2 cm³/mol. The number of hydrogen-bond donors (Lipinski definition) is 0. The zero-order valence-electron chi connectivity index (χ0n) is 5.73. The van der Waals surface area contributed by atoms with E-state index < -0.39 is 0 Å². The van der Waals surface area contributed by atoms with Crippen molar-refractivity contribution in [2.24, 2.45) is 0 Å². The molecule has 0 bridgehead atoms. The Bertz CT molecular complexity index is 110. The Morgan fingerprint density at radius 1 is 1.30 bits per heavy atom. The van der Waals surface area contributed by atoms with Crippen molar-refractivity contribution in [2.75, 3.05) is 0 Å². The van der Waals surface area contributed by atoms with Crippen molar-refractivity contribution in [1.29, 1.82) is 0 Å². The Labute approximate surface area is 60.2 Å². The molecule has 0 saturated carbocycles. The smallest absolute Gasteiger partial charge is 1.00 e. The van der Waals surface area contributed by atoms with Crippen LogP contribution >= 0.6 is 0 Å². The van der Waals surface area contributed by atoms with Gasteiger partial charge in [-0.2, -0.15) is 0 Å². The summed E-state index contributed by atoms with van der Waals surface area (Å²) in [4.78, 5) is 9.98. The number of halogens is 2. The molecule has 0 amide bonds. The third-order valence-corrected chi connectivity index (χ3v) is 0.407. The molecule has 0 atom stereocenters. The number of allylic oxidation sites excluding steroid dienone is 2. The van der Waals surface area contributed by atoms with E-state index in [1.165, 1.54) is 13.8 Å². The summed E-state index contributed by atoms with van der Waals surface area (Å²) in [6.07, 6.45) is 1.06. The Hall–Kier alpha value is -0.865. The Morgan fingerprint density at radius 3 is 1.60 bits per heavy atom. The molecule has 0 aromatic heterocycles. The summed E-state index contributed by atoms with van der Waals surface area (Å²) in [7, 11) is 0. The third-order valence-electron chi connectivity index (χ3n) is 0.407. The first-order valence-electron chi connectivity index (χ1n) is 1.99. The van der Waals surface area contributed by atoms with Gasteiger partial charge in [0.25, 0.3) is 0 Å². The van der Waals surface area contributed by atoms with Gasteiger partial charge < -0.3 is 14.5 Å². The maximum Gasteiger partial charge on any atom is 3.00 e. The summed E-state index contributed by atoms with van der Waals surface area (Å²) >= 11 is 0. The molecule has 5 heteroatoms. The largest absolute Gasteiger partial charge is 3.00 e. The molecule has 0 aromatic rings. The summed E-state index contributed by atoms with van der Waals surface area (Å²) in [6.45, 7) is 2.70. The minimum Gasteiger partial charge on any atom is -1.00 e. The van der Waals surface area contributed by atoms with E-state index in [1.807, 2.05) is 0 Å². The molecule has 0 unspecified atom stereocenters. The van der Waals surface area contributed by atoms with Crippen LogP contribution in [-0.2, 0) is 4.79 Å². The molecule has 56 valence electrons. The van der Waals surface area contributed by atoms with Gasteiger partial charge in [0, 0.05) is 0 Å². The Morgan fingerprint density at radius 2 is 1.60 bits per heavy atom. The van der Waals surface area contributed by atoms with Crippen molar-refractivity contribution in [1.82, 2.24) is 0 Å². The molecular weight excluding hydrogens is 141 g/mol. The monoisotopic (exact) mass is 148 g/mol.